The van der Waals surface area contributed by atoms with Gasteiger partial charge in [-0.15, -0.1) is 0 Å². The lowest BCUT2D eigenvalue weighted by molar-refractivity contribution is 0.278. The average molecular weight is 444 g/mol. The van der Waals surface area contributed by atoms with Gasteiger partial charge in [0.1, 0.15) is 0 Å². The van der Waals surface area contributed by atoms with Crippen LogP contribution in [0.15, 0.2) is 35.2 Å². The van der Waals surface area contributed by atoms with Gasteiger partial charge in [0.2, 0.25) is 10.0 Å². The molecule has 0 saturated heterocycles. The van der Waals surface area contributed by atoms with Gasteiger partial charge in [0, 0.05) is 12.1 Å². The van der Waals surface area contributed by atoms with Crippen molar-refractivity contribution in [2.75, 3.05) is 20.8 Å². The standard InChI is InChI=1S/C25H33NO4S/c1-18-11-13-20(14-12-18)31(27,28)26-16-15-19-17-23(29-2)25(30-3)21-9-7-5-4-6-8-10-22(26)24(19)21/h11-14,17,22H,4-10,15-16H2,1-3H3. The van der Waals surface area contributed by atoms with Crippen LogP contribution in [0.1, 0.15) is 66.8 Å². The molecule has 1 unspecified atom stereocenters. The topological polar surface area (TPSA) is 55.8 Å². The smallest absolute Gasteiger partial charge is 0.243 e. The molecule has 0 spiro atoms. The second-order valence-corrected chi connectivity index (χ2v) is 10.6. The molecule has 0 saturated carbocycles. The highest BCUT2D eigenvalue weighted by Crippen LogP contribution is 2.46. The molecule has 2 aromatic rings. The van der Waals surface area contributed by atoms with E-state index in [0.717, 1.165) is 60.3 Å². The number of ether oxygens (including phenoxy) is 2. The zero-order valence-electron chi connectivity index (χ0n) is 18.8. The SMILES string of the molecule is COc1cc2c3c(c1OC)CCCCCCCC3N(S(=O)(=O)c1ccc(C)cc1)CC2. The van der Waals surface area contributed by atoms with Crippen LogP contribution in [0.2, 0.25) is 0 Å². The molecule has 0 aromatic heterocycles. The van der Waals surface area contributed by atoms with Gasteiger partial charge < -0.3 is 9.47 Å². The second kappa shape index (κ2) is 9.21. The number of hydrogen-bond donors (Lipinski definition) is 0. The molecule has 4 rings (SSSR count). The molecule has 0 amide bonds. The van der Waals surface area contributed by atoms with Crippen molar-refractivity contribution in [2.24, 2.45) is 0 Å². The summed E-state index contributed by atoms with van der Waals surface area (Å²) in [7, 11) is -0.238. The number of methoxy groups -OCH3 is 2. The zero-order chi connectivity index (χ0) is 22.0. The molecule has 5 nitrogen and oxygen atoms in total. The number of aryl methyl sites for hydroxylation is 1. The number of benzene rings is 2. The third kappa shape index (κ3) is 4.20. The second-order valence-electron chi connectivity index (χ2n) is 8.66. The Bertz CT molecular complexity index is 1030. The Hall–Kier alpha value is -2.05. The Labute approximate surface area is 186 Å². The summed E-state index contributed by atoms with van der Waals surface area (Å²) in [5, 5.41) is 0. The summed E-state index contributed by atoms with van der Waals surface area (Å²) in [6.45, 7) is 2.46. The summed E-state index contributed by atoms with van der Waals surface area (Å²) >= 11 is 0. The van der Waals surface area contributed by atoms with E-state index >= 15 is 0 Å². The van der Waals surface area contributed by atoms with E-state index in [1.165, 1.54) is 18.4 Å². The third-order valence-electron chi connectivity index (χ3n) is 6.71. The van der Waals surface area contributed by atoms with Crippen LogP contribution in [0.4, 0.5) is 0 Å². The minimum absolute atomic E-state index is 0.164. The number of hydrogen-bond acceptors (Lipinski definition) is 4. The first kappa shape index (κ1) is 22.2. The molecule has 0 bridgehead atoms. The van der Waals surface area contributed by atoms with Crippen LogP contribution >= 0.6 is 0 Å². The first-order valence-corrected chi connectivity index (χ1v) is 12.8. The van der Waals surface area contributed by atoms with E-state index < -0.39 is 10.0 Å². The summed E-state index contributed by atoms with van der Waals surface area (Å²) in [6.07, 6.45) is 8.03. The van der Waals surface area contributed by atoms with Gasteiger partial charge in [-0.2, -0.15) is 4.31 Å². The van der Waals surface area contributed by atoms with Crippen molar-refractivity contribution in [2.45, 2.75) is 69.2 Å². The predicted octanol–water partition coefficient (Wildman–Crippen LogP) is 5.20. The van der Waals surface area contributed by atoms with Crippen LogP contribution < -0.4 is 9.47 Å². The fourth-order valence-corrected chi connectivity index (χ4v) is 6.76. The van der Waals surface area contributed by atoms with Gasteiger partial charge in [-0.1, -0.05) is 43.4 Å². The Balaban J connectivity index is 1.86. The van der Waals surface area contributed by atoms with E-state index in [1.54, 1.807) is 30.7 Å². The highest BCUT2D eigenvalue weighted by molar-refractivity contribution is 7.89. The van der Waals surface area contributed by atoms with Gasteiger partial charge >= 0.3 is 0 Å². The zero-order valence-corrected chi connectivity index (χ0v) is 19.6. The molecular formula is C25H33NO4S. The van der Waals surface area contributed by atoms with Crippen molar-refractivity contribution in [1.29, 1.82) is 0 Å². The molecule has 0 fully saturated rings. The van der Waals surface area contributed by atoms with Gasteiger partial charge in [-0.25, -0.2) is 8.42 Å². The Morgan fingerprint density at radius 2 is 1.65 bits per heavy atom. The largest absolute Gasteiger partial charge is 0.493 e. The molecular weight excluding hydrogens is 410 g/mol. The third-order valence-corrected chi connectivity index (χ3v) is 8.64. The fourth-order valence-electron chi connectivity index (χ4n) is 5.13. The van der Waals surface area contributed by atoms with Gasteiger partial charge in [0.05, 0.1) is 25.2 Å². The maximum Gasteiger partial charge on any atom is 0.243 e. The minimum Gasteiger partial charge on any atom is -0.493 e. The summed E-state index contributed by atoms with van der Waals surface area (Å²) in [5.74, 6) is 1.52. The molecule has 6 heteroatoms. The Morgan fingerprint density at radius 1 is 0.935 bits per heavy atom. The lowest BCUT2D eigenvalue weighted by Gasteiger charge is -2.39. The molecule has 168 valence electrons. The van der Waals surface area contributed by atoms with Gasteiger partial charge in [-0.05, 0) is 61.9 Å². The maximum absolute atomic E-state index is 13.7. The molecule has 2 aliphatic rings. The van der Waals surface area contributed by atoms with E-state index in [1.807, 2.05) is 19.1 Å². The van der Waals surface area contributed by atoms with Crippen LogP contribution in [0.3, 0.4) is 0 Å². The molecule has 1 heterocycles. The van der Waals surface area contributed by atoms with Crippen molar-refractivity contribution in [1.82, 2.24) is 4.31 Å². The van der Waals surface area contributed by atoms with Crippen LogP contribution in [0.5, 0.6) is 11.5 Å². The molecule has 1 aliphatic carbocycles. The van der Waals surface area contributed by atoms with Crippen molar-refractivity contribution in [3.8, 4) is 11.5 Å². The molecule has 1 atom stereocenters. The summed E-state index contributed by atoms with van der Waals surface area (Å²) in [5.41, 5.74) is 4.54. The van der Waals surface area contributed by atoms with Crippen LogP contribution in [0, 0.1) is 6.92 Å². The lowest BCUT2D eigenvalue weighted by atomic mass is 9.83. The molecule has 0 radical (unpaired) electrons. The van der Waals surface area contributed by atoms with E-state index in [0.29, 0.717) is 17.9 Å². The number of rotatable bonds is 4. The van der Waals surface area contributed by atoms with E-state index in [4.69, 9.17) is 9.47 Å². The summed E-state index contributed by atoms with van der Waals surface area (Å²) < 4.78 is 40.6. The lowest BCUT2D eigenvalue weighted by Crippen LogP contribution is -2.40. The van der Waals surface area contributed by atoms with Crippen LogP contribution in [-0.4, -0.2) is 33.5 Å². The number of nitrogens with zero attached hydrogens (tertiary/aromatic N) is 1. The first-order valence-electron chi connectivity index (χ1n) is 11.3. The van der Waals surface area contributed by atoms with Crippen molar-refractivity contribution >= 4 is 10.0 Å². The van der Waals surface area contributed by atoms with E-state index in [9.17, 15) is 8.42 Å². The number of sulfonamides is 1. The van der Waals surface area contributed by atoms with Gasteiger partial charge in [0.25, 0.3) is 0 Å². The van der Waals surface area contributed by atoms with E-state index in [-0.39, 0.29) is 6.04 Å². The van der Waals surface area contributed by atoms with Crippen molar-refractivity contribution < 1.29 is 17.9 Å². The highest BCUT2D eigenvalue weighted by Gasteiger charge is 2.39. The van der Waals surface area contributed by atoms with Gasteiger partial charge in [-0.3, -0.25) is 0 Å². The molecule has 2 aromatic carbocycles. The van der Waals surface area contributed by atoms with Crippen molar-refractivity contribution in [3.63, 3.8) is 0 Å². The van der Waals surface area contributed by atoms with Crippen LogP contribution in [0.25, 0.3) is 0 Å². The first-order chi connectivity index (χ1) is 15.0. The van der Waals surface area contributed by atoms with Crippen LogP contribution in [-0.2, 0) is 22.9 Å². The monoisotopic (exact) mass is 443 g/mol. The highest BCUT2D eigenvalue weighted by atomic mass is 32.2. The average Bonchev–Trinajstić information content (AvgIpc) is 2.77. The van der Waals surface area contributed by atoms with Crippen molar-refractivity contribution in [3.05, 3.63) is 52.6 Å². The summed E-state index contributed by atoms with van der Waals surface area (Å²) in [6, 6.07) is 9.11. The Morgan fingerprint density at radius 3 is 2.35 bits per heavy atom. The molecule has 1 aliphatic heterocycles. The molecule has 31 heavy (non-hydrogen) atoms. The molecule has 0 N–H and O–H groups in total. The maximum atomic E-state index is 13.7. The summed E-state index contributed by atoms with van der Waals surface area (Å²) in [4.78, 5) is 0.376. The van der Waals surface area contributed by atoms with E-state index in [2.05, 4.69) is 6.07 Å². The quantitative estimate of drug-likeness (QED) is 0.652. The van der Waals surface area contributed by atoms with Gasteiger partial charge in [0.15, 0.2) is 11.5 Å². The normalized spacial score (nSPS) is 20.0. The Kier molecular flexibility index (Phi) is 6.58. The minimum atomic E-state index is -3.59. The fraction of sp³-hybridized carbons (Fsp3) is 0.520. The predicted molar refractivity (Wildman–Crippen MR) is 122 cm³/mol.